The van der Waals surface area contributed by atoms with E-state index in [0.29, 0.717) is 16.3 Å². The van der Waals surface area contributed by atoms with Crippen LogP contribution in [0.3, 0.4) is 0 Å². The van der Waals surface area contributed by atoms with E-state index in [1.54, 1.807) is 19.2 Å². The number of anilines is 3. The summed E-state index contributed by atoms with van der Waals surface area (Å²) in [6, 6.07) is 7.97. The van der Waals surface area contributed by atoms with Crippen LogP contribution in [0.2, 0.25) is 5.02 Å². The van der Waals surface area contributed by atoms with Crippen LogP contribution in [-0.4, -0.2) is 76.9 Å². The number of aliphatic hydroxyl groups is 1. The maximum atomic E-state index is 9.91. The average molecular weight is 549 g/mol. The molecule has 4 aromatic rings. The Morgan fingerprint density at radius 2 is 1.77 bits per heavy atom. The smallest absolute Gasteiger partial charge is 0.225 e. The molecule has 2 aliphatic rings. The average Bonchev–Trinajstić information content (AvgIpc) is 3.41. The molecular formula is C28H33ClN8O2. The summed E-state index contributed by atoms with van der Waals surface area (Å²) < 4.78 is 7.29. The molecule has 3 aromatic heterocycles. The van der Waals surface area contributed by atoms with Gasteiger partial charge in [-0.25, -0.2) is 15.0 Å². The second-order valence-corrected chi connectivity index (χ2v) is 10.5. The Balaban J connectivity index is 1.14. The molecule has 6 rings (SSSR count). The van der Waals surface area contributed by atoms with E-state index in [0.717, 1.165) is 86.3 Å². The Morgan fingerprint density at radius 1 is 1.03 bits per heavy atom. The lowest BCUT2D eigenvalue weighted by molar-refractivity contribution is 0.281. The summed E-state index contributed by atoms with van der Waals surface area (Å²) in [5, 5.41) is 10.4. The maximum absolute atomic E-state index is 9.91. The first-order valence-corrected chi connectivity index (χ1v) is 13.7. The van der Waals surface area contributed by atoms with Crippen LogP contribution in [0, 0.1) is 0 Å². The molecule has 0 radical (unpaired) electrons. The molecular weight excluding hydrogens is 516 g/mol. The lowest BCUT2D eigenvalue weighted by Crippen LogP contribution is -2.46. The van der Waals surface area contributed by atoms with E-state index in [2.05, 4.69) is 36.8 Å². The molecule has 39 heavy (non-hydrogen) atoms. The Kier molecular flexibility index (Phi) is 7.16. The molecule has 0 saturated carbocycles. The molecule has 5 heterocycles. The van der Waals surface area contributed by atoms with Gasteiger partial charge in [-0.1, -0.05) is 11.6 Å². The summed E-state index contributed by atoms with van der Waals surface area (Å²) in [5.41, 5.74) is 11.4. The molecule has 2 saturated heterocycles. The number of nitrogens with zero attached hydrogens (tertiary/aromatic N) is 7. The van der Waals surface area contributed by atoms with Crippen LogP contribution in [0.1, 0.15) is 18.4 Å². The van der Waals surface area contributed by atoms with Crippen LogP contribution in [0.15, 0.2) is 49.1 Å². The van der Waals surface area contributed by atoms with Crippen molar-refractivity contribution in [3.63, 3.8) is 0 Å². The van der Waals surface area contributed by atoms with Crippen LogP contribution in [-0.2, 0) is 6.61 Å². The van der Waals surface area contributed by atoms with E-state index >= 15 is 0 Å². The van der Waals surface area contributed by atoms with E-state index in [9.17, 15) is 5.11 Å². The van der Waals surface area contributed by atoms with Crippen molar-refractivity contribution in [3.05, 3.63) is 59.6 Å². The Labute approximate surface area is 232 Å². The molecule has 1 unspecified atom stereocenters. The highest BCUT2D eigenvalue weighted by Crippen LogP contribution is 2.34. The Hall–Kier alpha value is -3.60. The monoisotopic (exact) mass is 548 g/mol. The number of pyridine rings is 1. The third-order valence-corrected chi connectivity index (χ3v) is 7.94. The number of benzene rings is 1. The van der Waals surface area contributed by atoms with Gasteiger partial charge in [0, 0.05) is 75.0 Å². The second kappa shape index (κ2) is 10.9. The molecule has 2 fully saturated rings. The van der Waals surface area contributed by atoms with Gasteiger partial charge in [0.1, 0.15) is 11.4 Å². The van der Waals surface area contributed by atoms with Gasteiger partial charge in [-0.2, -0.15) is 0 Å². The van der Waals surface area contributed by atoms with Gasteiger partial charge < -0.3 is 34.7 Å². The predicted octanol–water partition coefficient (Wildman–Crippen LogP) is 3.20. The summed E-state index contributed by atoms with van der Waals surface area (Å²) in [6.07, 6.45) is 9.99. The predicted molar refractivity (Wildman–Crippen MR) is 154 cm³/mol. The van der Waals surface area contributed by atoms with Crippen molar-refractivity contribution in [2.24, 2.45) is 5.73 Å². The van der Waals surface area contributed by atoms with E-state index in [4.69, 9.17) is 27.1 Å². The molecule has 204 valence electrons. The van der Waals surface area contributed by atoms with Gasteiger partial charge in [-0.05, 0) is 36.6 Å². The summed E-state index contributed by atoms with van der Waals surface area (Å²) in [6.45, 7) is 5.18. The number of methoxy groups -OCH3 is 1. The van der Waals surface area contributed by atoms with Gasteiger partial charge >= 0.3 is 0 Å². The molecule has 3 N–H and O–H groups in total. The van der Waals surface area contributed by atoms with Gasteiger partial charge in [-0.3, -0.25) is 0 Å². The normalized spacial score (nSPS) is 18.2. The highest BCUT2D eigenvalue weighted by Gasteiger charge is 2.22. The van der Waals surface area contributed by atoms with E-state index in [-0.39, 0.29) is 12.6 Å². The SMILES string of the molecule is COc1cc(CO)c(-c2cn3ccc(N4CCN(c5cnc(N6CCCC(N)C6)nc5)CC4)cc3n2)cc1Cl. The van der Waals surface area contributed by atoms with Crippen LogP contribution in [0.4, 0.5) is 17.3 Å². The van der Waals surface area contributed by atoms with Gasteiger partial charge in [0.15, 0.2) is 0 Å². The molecule has 1 aromatic carbocycles. The molecule has 0 aliphatic carbocycles. The first-order chi connectivity index (χ1) is 19.0. The summed E-state index contributed by atoms with van der Waals surface area (Å²) in [4.78, 5) is 21.0. The Morgan fingerprint density at radius 3 is 2.46 bits per heavy atom. The first kappa shape index (κ1) is 25.7. The molecule has 0 amide bonds. The van der Waals surface area contributed by atoms with E-state index in [1.165, 1.54) is 0 Å². The molecule has 11 heteroatoms. The zero-order valence-corrected chi connectivity index (χ0v) is 22.8. The van der Waals surface area contributed by atoms with Crippen molar-refractivity contribution >= 4 is 34.6 Å². The number of piperidine rings is 1. The zero-order valence-electron chi connectivity index (χ0n) is 22.0. The highest BCUT2D eigenvalue weighted by molar-refractivity contribution is 6.32. The van der Waals surface area contributed by atoms with Crippen molar-refractivity contribution in [1.82, 2.24) is 19.4 Å². The number of halogens is 1. The largest absolute Gasteiger partial charge is 0.495 e. The topological polar surface area (TPSA) is 108 Å². The van der Waals surface area contributed by atoms with E-state index < -0.39 is 0 Å². The number of hydrogen-bond donors (Lipinski definition) is 2. The number of fused-ring (bicyclic) bond motifs is 1. The molecule has 0 spiro atoms. The molecule has 2 aliphatic heterocycles. The molecule has 0 bridgehead atoms. The summed E-state index contributed by atoms with van der Waals surface area (Å²) >= 11 is 6.37. The van der Waals surface area contributed by atoms with Crippen molar-refractivity contribution in [2.45, 2.75) is 25.5 Å². The fraction of sp³-hybridized carbons (Fsp3) is 0.393. The van der Waals surface area contributed by atoms with Crippen molar-refractivity contribution in [3.8, 4) is 17.0 Å². The van der Waals surface area contributed by atoms with Crippen LogP contribution >= 0.6 is 11.6 Å². The van der Waals surface area contributed by atoms with Gasteiger partial charge in [0.05, 0.1) is 42.5 Å². The van der Waals surface area contributed by atoms with Crippen molar-refractivity contribution in [1.29, 1.82) is 0 Å². The minimum absolute atomic E-state index is 0.132. The number of ether oxygens (including phenoxy) is 1. The number of hydrogen-bond acceptors (Lipinski definition) is 9. The zero-order chi connectivity index (χ0) is 26.9. The van der Waals surface area contributed by atoms with Gasteiger partial charge in [0.2, 0.25) is 5.95 Å². The number of piperazine rings is 1. The number of aliphatic hydroxyl groups excluding tert-OH is 1. The van der Waals surface area contributed by atoms with Crippen LogP contribution in [0.25, 0.3) is 16.9 Å². The molecule has 1 atom stereocenters. The van der Waals surface area contributed by atoms with Gasteiger partial charge in [0.25, 0.3) is 0 Å². The minimum atomic E-state index is -0.132. The number of aromatic nitrogens is 4. The quantitative estimate of drug-likeness (QED) is 0.375. The fourth-order valence-electron chi connectivity index (χ4n) is 5.47. The summed E-state index contributed by atoms with van der Waals surface area (Å²) in [5.74, 6) is 1.30. The lowest BCUT2D eigenvalue weighted by atomic mass is 10.1. The third kappa shape index (κ3) is 5.19. The van der Waals surface area contributed by atoms with Crippen molar-refractivity contribution in [2.75, 3.05) is 61.1 Å². The highest BCUT2D eigenvalue weighted by atomic mass is 35.5. The third-order valence-electron chi connectivity index (χ3n) is 7.64. The Bertz CT molecular complexity index is 1450. The van der Waals surface area contributed by atoms with Crippen molar-refractivity contribution < 1.29 is 9.84 Å². The molecule has 10 nitrogen and oxygen atoms in total. The lowest BCUT2D eigenvalue weighted by Gasteiger charge is -2.37. The fourth-order valence-corrected chi connectivity index (χ4v) is 5.72. The number of imidazole rings is 1. The number of nitrogens with two attached hydrogens (primary N) is 1. The first-order valence-electron chi connectivity index (χ1n) is 13.3. The second-order valence-electron chi connectivity index (χ2n) is 10.1. The van der Waals surface area contributed by atoms with Crippen LogP contribution < -0.4 is 25.2 Å². The summed E-state index contributed by atoms with van der Waals surface area (Å²) in [7, 11) is 1.56. The van der Waals surface area contributed by atoms with Crippen LogP contribution in [0.5, 0.6) is 5.75 Å². The standard InChI is InChI=1S/C28H33ClN8O2/c1-39-26-11-19(18-38)23(13-24(26)29)25-17-36-6-4-21(12-27(36)33-25)34-7-9-35(10-8-34)22-14-31-28(32-15-22)37-5-2-3-20(30)16-37/h4,6,11-15,17,20,38H,2-3,5,7-10,16,18,30H2,1H3. The number of rotatable bonds is 6. The van der Waals surface area contributed by atoms with Gasteiger partial charge in [-0.15, -0.1) is 0 Å². The maximum Gasteiger partial charge on any atom is 0.225 e. The van der Waals surface area contributed by atoms with E-state index in [1.807, 2.05) is 29.2 Å². The minimum Gasteiger partial charge on any atom is -0.495 e.